The van der Waals surface area contributed by atoms with Gasteiger partial charge in [0.2, 0.25) is 11.8 Å². The minimum Gasteiger partial charge on any atom is -0.369 e. The molecular weight excluding hydrogens is 354 g/mol. The van der Waals surface area contributed by atoms with Crippen molar-refractivity contribution < 1.29 is 23.1 Å². The van der Waals surface area contributed by atoms with Gasteiger partial charge in [-0.3, -0.25) is 9.59 Å². The fourth-order valence-corrected chi connectivity index (χ4v) is 2.89. The van der Waals surface area contributed by atoms with Crippen LogP contribution in [0, 0.1) is 18.6 Å². The maximum absolute atomic E-state index is 13.7. The molecule has 1 fully saturated rings. The number of carbonyl (C=O) groups is 2. The van der Waals surface area contributed by atoms with Crippen LogP contribution in [0.15, 0.2) is 42.5 Å². The number of morpholine rings is 1. The zero-order valence-corrected chi connectivity index (χ0v) is 14.9. The van der Waals surface area contributed by atoms with Gasteiger partial charge in [0.25, 0.3) is 0 Å². The van der Waals surface area contributed by atoms with E-state index in [-0.39, 0.29) is 37.8 Å². The molecule has 142 valence electrons. The number of nitrogens with one attached hydrogen (secondary N) is 1. The first kappa shape index (κ1) is 19.0. The van der Waals surface area contributed by atoms with E-state index in [4.69, 9.17) is 4.74 Å². The first-order valence-electron chi connectivity index (χ1n) is 8.58. The molecule has 1 aliphatic heterocycles. The average Bonchev–Trinajstić information content (AvgIpc) is 2.65. The monoisotopic (exact) mass is 374 g/mol. The summed E-state index contributed by atoms with van der Waals surface area (Å²) in [5.74, 6) is -1.96. The molecule has 1 saturated heterocycles. The van der Waals surface area contributed by atoms with Crippen molar-refractivity contribution in [1.29, 1.82) is 0 Å². The quantitative estimate of drug-likeness (QED) is 0.874. The Morgan fingerprint density at radius 2 is 1.96 bits per heavy atom. The highest BCUT2D eigenvalue weighted by molar-refractivity contribution is 5.89. The molecule has 2 aromatic carbocycles. The molecule has 5 nitrogen and oxygen atoms in total. The number of nitrogens with zero attached hydrogens (tertiary/aromatic N) is 1. The number of hydrogen-bond donors (Lipinski definition) is 1. The van der Waals surface area contributed by atoms with E-state index in [1.54, 1.807) is 0 Å². The van der Waals surface area contributed by atoms with Crippen molar-refractivity contribution >= 4 is 11.8 Å². The van der Waals surface area contributed by atoms with E-state index in [0.29, 0.717) is 0 Å². The van der Waals surface area contributed by atoms with Crippen molar-refractivity contribution in [3.05, 3.63) is 70.8 Å². The number of benzene rings is 2. The van der Waals surface area contributed by atoms with Gasteiger partial charge >= 0.3 is 0 Å². The highest BCUT2D eigenvalue weighted by Crippen LogP contribution is 2.15. The van der Waals surface area contributed by atoms with Crippen molar-refractivity contribution in [2.24, 2.45) is 0 Å². The normalized spacial score (nSPS) is 17.1. The van der Waals surface area contributed by atoms with E-state index in [2.05, 4.69) is 5.32 Å². The van der Waals surface area contributed by atoms with Crippen molar-refractivity contribution in [3.8, 4) is 0 Å². The highest BCUT2D eigenvalue weighted by atomic mass is 19.1. The topological polar surface area (TPSA) is 58.6 Å². The molecule has 27 heavy (non-hydrogen) atoms. The van der Waals surface area contributed by atoms with Gasteiger partial charge in [-0.25, -0.2) is 8.78 Å². The Bertz CT molecular complexity index is 840. The fraction of sp³-hybridized carbons (Fsp3) is 0.300. The molecule has 2 aromatic rings. The van der Waals surface area contributed by atoms with E-state index in [1.807, 2.05) is 31.2 Å². The Labute approximate surface area is 155 Å². The molecular formula is C20H20F2N2O3. The molecule has 0 bridgehead atoms. The molecule has 1 atom stereocenters. The highest BCUT2D eigenvalue weighted by Gasteiger charge is 2.34. The lowest BCUT2D eigenvalue weighted by Crippen LogP contribution is -2.55. The number of hydrogen-bond acceptors (Lipinski definition) is 3. The maximum atomic E-state index is 13.7. The Balaban J connectivity index is 1.69. The average molecular weight is 374 g/mol. The summed E-state index contributed by atoms with van der Waals surface area (Å²) >= 11 is 0. The lowest BCUT2D eigenvalue weighted by atomic mass is 10.1. The lowest BCUT2D eigenvalue weighted by molar-refractivity contribution is -0.155. The van der Waals surface area contributed by atoms with Gasteiger partial charge in [0.15, 0.2) is 0 Å². The predicted molar refractivity (Wildman–Crippen MR) is 94.5 cm³/mol. The smallest absolute Gasteiger partial charge is 0.249 e. The van der Waals surface area contributed by atoms with Gasteiger partial charge in [-0.1, -0.05) is 29.8 Å². The van der Waals surface area contributed by atoms with Gasteiger partial charge in [0, 0.05) is 18.7 Å². The Morgan fingerprint density at radius 1 is 1.22 bits per heavy atom. The molecule has 1 aliphatic rings. The van der Waals surface area contributed by atoms with Crippen molar-refractivity contribution in [1.82, 2.24) is 10.2 Å². The summed E-state index contributed by atoms with van der Waals surface area (Å²) < 4.78 is 32.2. The Kier molecular flexibility index (Phi) is 5.81. The largest absolute Gasteiger partial charge is 0.369 e. The van der Waals surface area contributed by atoms with Crippen LogP contribution in [0.5, 0.6) is 0 Å². The van der Waals surface area contributed by atoms with Crippen LogP contribution in [0.25, 0.3) is 0 Å². The van der Waals surface area contributed by atoms with Gasteiger partial charge in [-0.15, -0.1) is 0 Å². The standard InChI is InChI=1S/C20H20F2N2O3/c1-13-2-4-14(5-3-13)10-24-18(11-27-12-19(24)25)20(26)23-9-15-8-16(21)6-7-17(15)22/h2-8,18H,9-12H2,1H3,(H,23,26)/t18-/m0/s1. The summed E-state index contributed by atoms with van der Waals surface area (Å²) in [5, 5.41) is 2.56. The second-order valence-electron chi connectivity index (χ2n) is 6.49. The van der Waals surface area contributed by atoms with Crippen LogP contribution in [-0.4, -0.2) is 36.0 Å². The number of halogens is 2. The third-order valence-electron chi connectivity index (χ3n) is 4.43. The first-order valence-corrected chi connectivity index (χ1v) is 8.58. The molecule has 0 saturated carbocycles. The number of aryl methyl sites for hydroxylation is 1. The van der Waals surface area contributed by atoms with E-state index in [1.165, 1.54) is 4.90 Å². The third-order valence-corrected chi connectivity index (χ3v) is 4.43. The molecule has 1 heterocycles. The van der Waals surface area contributed by atoms with Gasteiger partial charge in [-0.05, 0) is 30.7 Å². The van der Waals surface area contributed by atoms with E-state index >= 15 is 0 Å². The summed E-state index contributed by atoms with van der Waals surface area (Å²) in [7, 11) is 0. The van der Waals surface area contributed by atoms with E-state index in [9.17, 15) is 18.4 Å². The van der Waals surface area contributed by atoms with Crippen molar-refractivity contribution in [2.75, 3.05) is 13.2 Å². The first-order chi connectivity index (χ1) is 12.9. The number of rotatable bonds is 5. The second kappa shape index (κ2) is 8.26. The molecule has 0 unspecified atom stereocenters. The number of amides is 2. The van der Waals surface area contributed by atoms with Gasteiger partial charge in [-0.2, -0.15) is 0 Å². The molecule has 1 N–H and O–H groups in total. The minimum atomic E-state index is -0.829. The summed E-state index contributed by atoms with van der Waals surface area (Å²) in [6.07, 6.45) is 0. The molecule has 7 heteroatoms. The zero-order valence-electron chi connectivity index (χ0n) is 14.9. The third kappa shape index (κ3) is 4.68. The van der Waals surface area contributed by atoms with Crippen LogP contribution >= 0.6 is 0 Å². The lowest BCUT2D eigenvalue weighted by Gasteiger charge is -2.34. The SMILES string of the molecule is Cc1ccc(CN2C(=O)COC[C@H]2C(=O)NCc2cc(F)ccc2F)cc1. The zero-order chi connectivity index (χ0) is 19.4. The van der Waals surface area contributed by atoms with Crippen molar-refractivity contribution in [2.45, 2.75) is 26.1 Å². The van der Waals surface area contributed by atoms with Crippen molar-refractivity contribution in [3.63, 3.8) is 0 Å². The summed E-state index contributed by atoms with van der Waals surface area (Å²) in [6, 6.07) is 9.88. The summed E-state index contributed by atoms with van der Waals surface area (Å²) in [6.45, 7) is 2.02. The molecule has 2 amide bonds. The maximum Gasteiger partial charge on any atom is 0.249 e. The van der Waals surface area contributed by atoms with Crippen LogP contribution in [0.1, 0.15) is 16.7 Å². The van der Waals surface area contributed by atoms with Crippen LogP contribution in [0.4, 0.5) is 8.78 Å². The molecule has 0 radical (unpaired) electrons. The van der Waals surface area contributed by atoms with Gasteiger partial charge in [0.1, 0.15) is 24.3 Å². The molecule has 0 aliphatic carbocycles. The minimum absolute atomic E-state index is 0.0384. The fourth-order valence-electron chi connectivity index (χ4n) is 2.89. The number of carbonyl (C=O) groups excluding carboxylic acids is 2. The predicted octanol–water partition coefficient (Wildman–Crippen LogP) is 2.32. The van der Waals surface area contributed by atoms with Gasteiger partial charge in [0.05, 0.1) is 6.61 Å². The Morgan fingerprint density at radius 3 is 2.70 bits per heavy atom. The molecule has 0 aromatic heterocycles. The summed E-state index contributed by atoms with van der Waals surface area (Å²) in [4.78, 5) is 26.3. The van der Waals surface area contributed by atoms with Crippen LogP contribution in [-0.2, 0) is 27.4 Å². The second-order valence-corrected chi connectivity index (χ2v) is 6.49. The van der Waals surface area contributed by atoms with Crippen LogP contribution < -0.4 is 5.32 Å². The van der Waals surface area contributed by atoms with Crippen LogP contribution in [0.2, 0.25) is 0 Å². The van der Waals surface area contributed by atoms with Crippen LogP contribution in [0.3, 0.4) is 0 Å². The molecule has 0 spiro atoms. The Hall–Kier alpha value is -2.80. The number of ether oxygens (including phenoxy) is 1. The summed E-state index contributed by atoms with van der Waals surface area (Å²) in [5.41, 5.74) is 2.03. The van der Waals surface area contributed by atoms with Gasteiger partial charge < -0.3 is 15.0 Å². The van der Waals surface area contributed by atoms with E-state index < -0.39 is 23.6 Å². The molecule has 3 rings (SSSR count). The van der Waals surface area contributed by atoms with E-state index in [0.717, 1.165) is 29.3 Å².